The summed E-state index contributed by atoms with van der Waals surface area (Å²) in [6.45, 7) is 0.909. The Morgan fingerprint density at radius 2 is 1.96 bits per heavy atom. The van der Waals surface area contributed by atoms with Crippen molar-refractivity contribution in [2.75, 3.05) is 11.6 Å². The molecule has 0 fully saturated rings. The zero-order valence-electron chi connectivity index (χ0n) is 14.3. The molecule has 0 saturated carbocycles. The van der Waals surface area contributed by atoms with Crippen molar-refractivity contribution in [3.63, 3.8) is 0 Å². The Kier molecular flexibility index (Phi) is 5.50. The first-order valence-electron chi connectivity index (χ1n) is 7.98. The maximum atomic E-state index is 12.8. The van der Waals surface area contributed by atoms with Crippen LogP contribution in [0.25, 0.3) is 0 Å². The largest absolute Gasteiger partial charge is 0.467 e. The molecule has 2 amide bonds. The monoisotopic (exact) mass is 355 g/mol. The van der Waals surface area contributed by atoms with E-state index in [9.17, 15) is 4.79 Å². The topological polar surface area (TPSA) is 50.4 Å². The van der Waals surface area contributed by atoms with Gasteiger partial charge < -0.3 is 19.2 Å². The summed E-state index contributed by atoms with van der Waals surface area (Å²) in [5.41, 5.74) is 1.83. The number of nitrogens with one attached hydrogen (secondary N) is 1. The number of furan rings is 1. The van der Waals surface area contributed by atoms with Crippen LogP contribution >= 0.6 is 11.8 Å². The highest BCUT2D eigenvalue weighted by atomic mass is 32.2. The fourth-order valence-corrected chi connectivity index (χ4v) is 2.93. The number of amides is 2. The van der Waals surface area contributed by atoms with E-state index in [1.807, 2.05) is 72.6 Å². The summed E-state index contributed by atoms with van der Waals surface area (Å²) >= 11 is 1.67. The molecule has 5 nitrogen and oxygen atoms in total. The highest BCUT2D eigenvalue weighted by molar-refractivity contribution is 7.98. The van der Waals surface area contributed by atoms with Gasteiger partial charge in [0.2, 0.25) is 0 Å². The molecule has 0 aliphatic rings. The fourth-order valence-electron chi connectivity index (χ4n) is 2.52. The zero-order chi connectivity index (χ0) is 17.6. The number of thioether (sulfide) groups is 1. The Hall–Kier alpha value is -2.60. The van der Waals surface area contributed by atoms with Gasteiger partial charge in [0.05, 0.1) is 19.4 Å². The number of aryl methyl sites for hydroxylation is 1. The molecule has 0 aliphatic heterocycles. The third kappa shape index (κ3) is 4.48. The van der Waals surface area contributed by atoms with Crippen molar-refractivity contribution in [2.24, 2.45) is 7.05 Å². The third-order valence-corrected chi connectivity index (χ3v) is 4.70. The minimum atomic E-state index is -0.158. The van der Waals surface area contributed by atoms with Crippen LogP contribution in [0.15, 0.2) is 70.3 Å². The highest BCUT2D eigenvalue weighted by Gasteiger charge is 2.17. The standard InChI is InChI=1S/C19H21N3O2S/c1-21-11-3-5-16(21)13-22(14-17-6-4-12-24-17)19(23)20-15-7-9-18(25-2)10-8-15/h3-12H,13-14H2,1-2H3,(H,20,23). The summed E-state index contributed by atoms with van der Waals surface area (Å²) < 4.78 is 7.42. The Morgan fingerprint density at radius 3 is 2.56 bits per heavy atom. The Morgan fingerprint density at radius 1 is 1.16 bits per heavy atom. The number of rotatable bonds is 6. The van der Waals surface area contributed by atoms with Gasteiger partial charge in [-0.2, -0.15) is 0 Å². The molecular weight excluding hydrogens is 334 g/mol. The van der Waals surface area contributed by atoms with Crippen LogP contribution in [-0.2, 0) is 20.1 Å². The lowest BCUT2D eigenvalue weighted by atomic mass is 10.3. The summed E-state index contributed by atoms with van der Waals surface area (Å²) in [6.07, 6.45) is 5.62. The molecule has 25 heavy (non-hydrogen) atoms. The van der Waals surface area contributed by atoms with Crippen LogP contribution in [0, 0.1) is 0 Å². The number of nitrogens with zero attached hydrogens (tertiary/aromatic N) is 2. The van der Waals surface area contributed by atoms with E-state index in [0.717, 1.165) is 22.0 Å². The van der Waals surface area contributed by atoms with E-state index in [1.165, 1.54) is 0 Å². The van der Waals surface area contributed by atoms with E-state index in [-0.39, 0.29) is 6.03 Å². The van der Waals surface area contributed by atoms with E-state index in [4.69, 9.17) is 4.42 Å². The van der Waals surface area contributed by atoms with Gasteiger partial charge in [-0.3, -0.25) is 0 Å². The van der Waals surface area contributed by atoms with Crippen LogP contribution < -0.4 is 5.32 Å². The second kappa shape index (κ2) is 7.98. The van der Waals surface area contributed by atoms with Crippen LogP contribution in [-0.4, -0.2) is 21.8 Å². The number of hydrogen-bond acceptors (Lipinski definition) is 3. The lowest BCUT2D eigenvalue weighted by Gasteiger charge is -2.22. The molecule has 2 heterocycles. The summed E-state index contributed by atoms with van der Waals surface area (Å²) in [7, 11) is 1.97. The first-order valence-corrected chi connectivity index (χ1v) is 9.21. The molecule has 0 spiro atoms. The van der Waals surface area contributed by atoms with Crippen LogP contribution in [0.5, 0.6) is 0 Å². The quantitative estimate of drug-likeness (QED) is 0.659. The second-order valence-electron chi connectivity index (χ2n) is 5.70. The summed E-state index contributed by atoms with van der Waals surface area (Å²) in [5.74, 6) is 0.752. The van der Waals surface area contributed by atoms with Gasteiger partial charge in [-0.15, -0.1) is 11.8 Å². The summed E-state index contributed by atoms with van der Waals surface area (Å²) in [5, 5.41) is 2.96. The lowest BCUT2D eigenvalue weighted by Crippen LogP contribution is -2.34. The number of hydrogen-bond donors (Lipinski definition) is 1. The van der Waals surface area contributed by atoms with E-state index in [1.54, 1.807) is 22.9 Å². The lowest BCUT2D eigenvalue weighted by molar-refractivity contribution is 0.200. The predicted octanol–water partition coefficient (Wildman–Crippen LogP) is 4.57. The number of benzene rings is 1. The van der Waals surface area contributed by atoms with Crippen molar-refractivity contribution in [2.45, 2.75) is 18.0 Å². The third-order valence-electron chi connectivity index (χ3n) is 3.96. The summed E-state index contributed by atoms with van der Waals surface area (Å²) in [4.78, 5) is 15.7. The maximum absolute atomic E-state index is 12.8. The van der Waals surface area contributed by atoms with Gasteiger partial charge in [-0.25, -0.2) is 4.79 Å². The van der Waals surface area contributed by atoms with Gasteiger partial charge in [-0.05, 0) is 54.8 Å². The smallest absolute Gasteiger partial charge is 0.322 e. The van der Waals surface area contributed by atoms with Gasteiger partial charge in [0.25, 0.3) is 0 Å². The van der Waals surface area contributed by atoms with Crippen molar-refractivity contribution in [1.29, 1.82) is 0 Å². The molecule has 6 heteroatoms. The van der Waals surface area contributed by atoms with Crippen LogP contribution in [0.3, 0.4) is 0 Å². The van der Waals surface area contributed by atoms with Gasteiger partial charge >= 0.3 is 6.03 Å². The molecule has 0 aliphatic carbocycles. The van der Waals surface area contributed by atoms with Crippen LogP contribution in [0.4, 0.5) is 10.5 Å². The number of anilines is 1. The molecule has 0 radical (unpaired) electrons. The second-order valence-corrected chi connectivity index (χ2v) is 6.58. The predicted molar refractivity (Wildman–Crippen MR) is 101 cm³/mol. The molecule has 0 unspecified atom stereocenters. The van der Waals surface area contributed by atoms with Gasteiger partial charge in [0.15, 0.2) is 0 Å². The molecule has 0 atom stereocenters. The first kappa shape index (κ1) is 17.2. The molecule has 1 aromatic carbocycles. The Bertz CT molecular complexity index is 810. The van der Waals surface area contributed by atoms with Crippen molar-refractivity contribution < 1.29 is 9.21 Å². The number of carbonyl (C=O) groups is 1. The SMILES string of the molecule is CSc1ccc(NC(=O)N(Cc2ccco2)Cc2cccn2C)cc1. The maximum Gasteiger partial charge on any atom is 0.322 e. The van der Waals surface area contributed by atoms with Crippen molar-refractivity contribution in [3.8, 4) is 0 Å². The van der Waals surface area contributed by atoms with E-state index in [0.29, 0.717) is 13.1 Å². The van der Waals surface area contributed by atoms with Gasteiger partial charge in [-0.1, -0.05) is 0 Å². The Labute approximate surface area is 151 Å². The van der Waals surface area contributed by atoms with Crippen molar-refractivity contribution in [1.82, 2.24) is 9.47 Å². The Balaban J connectivity index is 1.74. The minimum absolute atomic E-state index is 0.158. The average Bonchev–Trinajstić information content (AvgIpc) is 3.27. The normalized spacial score (nSPS) is 10.6. The number of carbonyl (C=O) groups excluding carboxylic acids is 1. The molecule has 0 saturated heterocycles. The van der Waals surface area contributed by atoms with Crippen molar-refractivity contribution in [3.05, 3.63) is 72.4 Å². The molecule has 0 bridgehead atoms. The summed E-state index contributed by atoms with van der Waals surface area (Å²) in [6, 6.07) is 15.3. The minimum Gasteiger partial charge on any atom is -0.467 e. The molecule has 2 aromatic heterocycles. The van der Waals surface area contributed by atoms with Crippen molar-refractivity contribution >= 4 is 23.5 Å². The molecule has 130 valence electrons. The first-order chi connectivity index (χ1) is 12.2. The van der Waals surface area contributed by atoms with Crippen LogP contribution in [0.2, 0.25) is 0 Å². The van der Waals surface area contributed by atoms with Gasteiger partial charge in [0.1, 0.15) is 5.76 Å². The van der Waals surface area contributed by atoms with Crippen LogP contribution in [0.1, 0.15) is 11.5 Å². The zero-order valence-corrected chi connectivity index (χ0v) is 15.1. The fraction of sp³-hybridized carbons (Fsp3) is 0.211. The average molecular weight is 355 g/mol. The number of urea groups is 1. The molecular formula is C19H21N3O2S. The molecule has 1 N–H and O–H groups in total. The van der Waals surface area contributed by atoms with E-state index >= 15 is 0 Å². The molecule has 3 aromatic rings. The number of aromatic nitrogens is 1. The molecule has 3 rings (SSSR count). The van der Waals surface area contributed by atoms with E-state index in [2.05, 4.69) is 5.32 Å². The van der Waals surface area contributed by atoms with E-state index < -0.39 is 0 Å². The highest BCUT2D eigenvalue weighted by Crippen LogP contribution is 2.19. The van der Waals surface area contributed by atoms with Gasteiger partial charge in [0, 0.05) is 29.5 Å².